The van der Waals surface area contributed by atoms with Crippen molar-refractivity contribution in [1.82, 2.24) is 4.98 Å². The molecule has 0 radical (unpaired) electrons. The first kappa shape index (κ1) is 12.4. The third-order valence-electron chi connectivity index (χ3n) is 2.96. The third-order valence-corrected chi connectivity index (χ3v) is 2.96. The highest BCUT2D eigenvalue weighted by Crippen LogP contribution is 2.29. The van der Waals surface area contributed by atoms with Crippen LogP contribution in [0.1, 0.15) is 5.76 Å². The highest BCUT2D eigenvalue weighted by Gasteiger charge is 2.14. The summed E-state index contributed by atoms with van der Waals surface area (Å²) in [6, 6.07) is 15.8. The van der Waals surface area contributed by atoms with Crippen molar-refractivity contribution in [3.05, 3.63) is 72.8 Å². The van der Waals surface area contributed by atoms with Gasteiger partial charge < -0.3 is 4.42 Å². The molecule has 98 valence electrons. The zero-order valence-electron chi connectivity index (χ0n) is 10.7. The fourth-order valence-corrected chi connectivity index (χ4v) is 2.02. The zero-order chi connectivity index (χ0) is 13.9. The van der Waals surface area contributed by atoms with Crippen molar-refractivity contribution < 1.29 is 8.81 Å². The minimum atomic E-state index is -0.304. The lowest BCUT2D eigenvalue weighted by atomic mass is 10.1. The van der Waals surface area contributed by atoms with Crippen LogP contribution >= 0.6 is 0 Å². The molecular weight excluding hydrogens is 253 g/mol. The first-order valence-electron chi connectivity index (χ1n) is 6.22. The van der Waals surface area contributed by atoms with Gasteiger partial charge in [-0.2, -0.15) is 0 Å². The SMILES string of the molecule is C=Cc1oc(-c2ccccc2)nc1-c1cccc(F)c1. The van der Waals surface area contributed by atoms with Crippen molar-refractivity contribution in [3.8, 4) is 22.7 Å². The molecule has 3 rings (SSSR count). The quantitative estimate of drug-likeness (QED) is 0.680. The Morgan fingerprint density at radius 3 is 2.45 bits per heavy atom. The summed E-state index contributed by atoms with van der Waals surface area (Å²) in [4.78, 5) is 4.46. The Balaban J connectivity index is 2.13. The van der Waals surface area contributed by atoms with Crippen molar-refractivity contribution in [2.75, 3.05) is 0 Å². The second kappa shape index (κ2) is 5.13. The molecular formula is C17H12FNO. The Kier molecular flexibility index (Phi) is 3.17. The largest absolute Gasteiger partial charge is 0.436 e. The van der Waals surface area contributed by atoms with Gasteiger partial charge in [0.05, 0.1) is 0 Å². The highest BCUT2D eigenvalue weighted by molar-refractivity contribution is 5.71. The van der Waals surface area contributed by atoms with Gasteiger partial charge in [0.25, 0.3) is 0 Å². The van der Waals surface area contributed by atoms with E-state index in [0.29, 0.717) is 22.9 Å². The molecule has 0 atom stereocenters. The fourth-order valence-electron chi connectivity index (χ4n) is 2.02. The Bertz CT molecular complexity index is 747. The van der Waals surface area contributed by atoms with Gasteiger partial charge in [0.15, 0.2) is 5.76 Å². The summed E-state index contributed by atoms with van der Waals surface area (Å²) in [7, 11) is 0. The molecule has 1 heterocycles. The molecule has 2 nitrogen and oxygen atoms in total. The lowest BCUT2D eigenvalue weighted by molar-refractivity contribution is 0.565. The van der Waals surface area contributed by atoms with E-state index in [-0.39, 0.29) is 5.82 Å². The molecule has 0 saturated carbocycles. The minimum absolute atomic E-state index is 0.304. The predicted molar refractivity (Wildman–Crippen MR) is 77.4 cm³/mol. The first-order chi connectivity index (χ1) is 9.78. The van der Waals surface area contributed by atoms with E-state index < -0.39 is 0 Å². The number of halogens is 1. The van der Waals surface area contributed by atoms with Crippen LogP contribution in [-0.2, 0) is 0 Å². The van der Waals surface area contributed by atoms with E-state index in [4.69, 9.17) is 4.42 Å². The molecule has 3 heteroatoms. The van der Waals surface area contributed by atoms with E-state index in [1.165, 1.54) is 12.1 Å². The molecule has 0 saturated heterocycles. The van der Waals surface area contributed by atoms with E-state index in [1.807, 2.05) is 30.3 Å². The van der Waals surface area contributed by atoms with Crippen molar-refractivity contribution in [1.29, 1.82) is 0 Å². The molecule has 3 aromatic rings. The summed E-state index contributed by atoms with van der Waals surface area (Å²) in [5.74, 6) is 0.732. The summed E-state index contributed by atoms with van der Waals surface area (Å²) >= 11 is 0. The predicted octanol–water partition coefficient (Wildman–Crippen LogP) is 4.79. The summed E-state index contributed by atoms with van der Waals surface area (Å²) in [6.07, 6.45) is 1.58. The van der Waals surface area contributed by atoms with Crippen LogP contribution in [-0.4, -0.2) is 4.98 Å². The number of aromatic nitrogens is 1. The van der Waals surface area contributed by atoms with Crippen LogP contribution in [0, 0.1) is 5.82 Å². The Morgan fingerprint density at radius 1 is 1.00 bits per heavy atom. The maximum absolute atomic E-state index is 13.3. The molecule has 0 unspecified atom stereocenters. The van der Waals surface area contributed by atoms with Crippen molar-refractivity contribution in [2.45, 2.75) is 0 Å². The molecule has 0 spiro atoms. The smallest absolute Gasteiger partial charge is 0.227 e. The molecule has 2 aromatic carbocycles. The van der Waals surface area contributed by atoms with E-state index in [2.05, 4.69) is 11.6 Å². The molecule has 1 aromatic heterocycles. The molecule has 20 heavy (non-hydrogen) atoms. The summed E-state index contributed by atoms with van der Waals surface area (Å²) in [6.45, 7) is 3.72. The van der Waals surface area contributed by atoms with Gasteiger partial charge in [-0.15, -0.1) is 0 Å². The molecule has 0 fully saturated rings. The fraction of sp³-hybridized carbons (Fsp3) is 0. The van der Waals surface area contributed by atoms with Crippen LogP contribution in [0.4, 0.5) is 4.39 Å². The van der Waals surface area contributed by atoms with Crippen molar-refractivity contribution >= 4 is 6.08 Å². The normalized spacial score (nSPS) is 10.4. The molecule has 0 aliphatic carbocycles. The summed E-state index contributed by atoms with van der Waals surface area (Å²) in [5, 5.41) is 0. The van der Waals surface area contributed by atoms with E-state index in [1.54, 1.807) is 18.2 Å². The number of nitrogens with zero attached hydrogens (tertiary/aromatic N) is 1. The number of benzene rings is 2. The van der Waals surface area contributed by atoms with E-state index >= 15 is 0 Å². The average Bonchev–Trinajstić information content (AvgIpc) is 2.92. The van der Waals surface area contributed by atoms with Crippen LogP contribution < -0.4 is 0 Å². The van der Waals surface area contributed by atoms with Gasteiger partial charge in [-0.25, -0.2) is 9.37 Å². The van der Waals surface area contributed by atoms with Gasteiger partial charge in [0.2, 0.25) is 5.89 Å². The zero-order valence-corrected chi connectivity index (χ0v) is 10.7. The third kappa shape index (κ3) is 2.26. The minimum Gasteiger partial charge on any atom is -0.436 e. The number of oxazole rings is 1. The van der Waals surface area contributed by atoms with Crippen LogP contribution in [0.25, 0.3) is 28.8 Å². The Morgan fingerprint density at radius 2 is 1.75 bits per heavy atom. The lowest BCUT2D eigenvalue weighted by Gasteiger charge is -1.97. The summed E-state index contributed by atoms with van der Waals surface area (Å²) < 4.78 is 19.0. The molecule has 0 aliphatic heterocycles. The van der Waals surface area contributed by atoms with Gasteiger partial charge in [0.1, 0.15) is 11.5 Å². The average molecular weight is 265 g/mol. The number of hydrogen-bond acceptors (Lipinski definition) is 2. The lowest BCUT2D eigenvalue weighted by Crippen LogP contribution is -1.83. The van der Waals surface area contributed by atoms with Gasteiger partial charge in [-0.1, -0.05) is 36.9 Å². The number of hydrogen-bond donors (Lipinski definition) is 0. The van der Waals surface area contributed by atoms with Crippen LogP contribution in [0.15, 0.2) is 65.6 Å². The summed E-state index contributed by atoms with van der Waals surface area (Å²) in [5.41, 5.74) is 2.14. The van der Waals surface area contributed by atoms with Crippen molar-refractivity contribution in [2.24, 2.45) is 0 Å². The van der Waals surface area contributed by atoms with Gasteiger partial charge in [-0.3, -0.25) is 0 Å². The van der Waals surface area contributed by atoms with Gasteiger partial charge in [0, 0.05) is 11.1 Å². The van der Waals surface area contributed by atoms with E-state index in [0.717, 1.165) is 5.56 Å². The van der Waals surface area contributed by atoms with Crippen molar-refractivity contribution in [3.63, 3.8) is 0 Å². The van der Waals surface area contributed by atoms with Gasteiger partial charge >= 0.3 is 0 Å². The second-order valence-corrected chi connectivity index (χ2v) is 4.31. The molecule has 0 amide bonds. The maximum Gasteiger partial charge on any atom is 0.227 e. The second-order valence-electron chi connectivity index (χ2n) is 4.31. The topological polar surface area (TPSA) is 26.0 Å². The van der Waals surface area contributed by atoms with E-state index in [9.17, 15) is 4.39 Å². The molecule has 0 N–H and O–H groups in total. The maximum atomic E-state index is 13.3. The first-order valence-corrected chi connectivity index (χ1v) is 6.22. The monoisotopic (exact) mass is 265 g/mol. The highest BCUT2D eigenvalue weighted by atomic mass is 19.1. The molecule has 0 aliphatic rings. The number of rotatable bonds is 3. The van der Waals surface area contributed by atoms with Crippen LogP contribution in [0.3, 0.4) is 0 Å². The standard InChI is InChI=1S/C17H12FNO/c1-2-15-16(13-9-6-10-14(18)11-13)19-17(20-15)12-7-4-3-5-8-12/h2-11H,1H2. The Hall–Kier alpha value is -2.68. The molecule has 0 bridgehead atoms. The van der Waals surface area contributed by atoms with Crippen LogP contribution in [0.2, 0.25) is 0 Å². The van der Waals surface area contributed by atoms with Gasteiger partial charge in [-0.05, 0) is 30.3 Å². The Labute approximate surface area is 116 Å². The van der Waals surface area contributed by atoms with Crippen LogP contribution in [0.5, 0.6) is 0 Å².